The summed E-state index contributed by atoms with van der Waals surface area (Å²) in [6.07, 6.45) is 0. The highest BCUT2D eigenvalue weighted by Gasteiger charge is 2.38. The van der Waals surface area contributed by atoms with Crippen LogP contribution in [0.2, 0.25) is 0 Å². The molecular weight excluding hydrogens is 583 g/mol. The smallest absolute Gasteiger partial charge is 0.0502 e. The average Bonchev–Trinajstić information content (AvgIpc) is 3.36. The Morgan fingerprint density at radius 2 is 0.812 bits per heavy atom. The van der Waals surface area contributed by atoms with Gasteiger partial charge >= 0.3 is 0 Å². The number of aromatic nitrogens is 1. The summed E-state index contributed by atoms with van der Waals surface area (Å²) in [7, 11) is 2.19. The molecule has 2 aliphatic heterocycles. The lowest BCUT2D eigenvalue weighted by Gasteiger charge is -2.42. The molecule has 2 aliphatic rings. The first-order chi connectivity index (χ1) is 23.1. The second-order valence-electron chi connectivity index (χ2n) is 15.0. The standard InChI is InChI=1S/C45H41N3/c1-28-16-20-42-36(24-28)45(5,6)37-25-29(2)17-21-43(37)48(42)31-19-23-39-33(27-31)32-26-30(18-22-38(32)46(39)7)47-40-14-10-8-12-34(40)44(3,4)35-13-9-11-15-41(35)47/h8-27H,1-7H3. The Labute approximate surface area is 283 Å². The van der Waals surface area contributed by atoms with E-state index < -0.39 is 0 Å². The van der Waals surface area contributed by atoms with Crippen LogP contribution in [-0.4, -0.2) is 4.57 Å². The van der Waals surface area contributed by atoms with Gasteiger partial charge in [-0.15, -0.1) is 0 Å². The molecule has 0 N–H and O–H groups in total. The third-order valence-corrected chi connectivity index (χ3v) is 11.3. The third kappa shape index (κ3) is 3.88. The van der Waals surface area contributed by atoms with Crippen molar-refractivity contribution in [3.05, 3.63) is 155 Å². The first-order valence-corrected chi connectivity index (χ1v) is 17.1. The van der Waals surface area contributed by atoms with E-state index in [9.17, 15) is 0 Å². The van der Waals surface area contributed by atoms with Gasteiger partial charge in [0, 0.05) is 51.1 Å². The van der Waals surface area contributed by atoms with Crippen molar-refractivity contribution in [2.45, 2.75) is 52.4 Å². The van der Waals surface area contributed by atoms with E-state index in [4.69, 9.17) is 0 Å². The van der Waals surface area contributed by atoms with Crippen LogP contribution in [0.25, 0.3) is 21.8 Å². The van der Waals surface area contributed by atoms with Crippen molar-refractivity contribution in [3.63, 3.8) is 0 Å². The van der Waals surface area contributed by atoms with Crippen LogP contribution in [0.4, 0.5) is 34.1 Å². The molecule has 0 bridgehead atoms. The molecule has 0 fully saturated rings. The highest BCUT2D eigenvalue weighted by molar-refractivity contribution is 6.11. The molecular formula is C45H41N3. The van der Waals surface area contributed by atoms with E-state index in [2.05, 4.69) is 184 Å². The number of aryl methyl sites for hydroxylation is 3. The van der Waals surface area contributed by atoms with Crippen molar-refractivity contribution in [1.82, 2.24) is 4.57 Å². The minimum Gasteiger partial charge on any atom is -0.344 e. The maximum Gasteiger partial charge on any atom is 0.0502 e. The van der Waals surface area contributed by atoms with E-state index >= 15 is 0 Å². The molecule has 7 aromatic rings. The Morgan fingerprint density at radius 3 is 1.27 bits per heavy atom. The highest BCUT2D eigenvalue weighted by Crippen LogP contribution is 2.54. The summed E-state index contributed by atoms with van der Waals surface area (Å²) in [5.41, 5.74) is 17.6. The van der Waals surface area contributed by atoms with E-state index in [1.54, 1.807) is 0 Å². The molecule has 0 atom stereocenters. The number of nitrogens with zero attached hydrogens (tertiary/aromatic N) is 3. The van der Waals surface area contributed by atoms with Crippen LogP contribution < -0.4 is 9.80 Å². The first-order valence-electron chi connectivity index (χ1n) is 17.1. The van der Waals surface area contributed by atoms with Crippen LogP contribution in [-0.2, 0) is 17.9 Å². The number of anilines is 6. The lowest BCUT2D eigenvalue weighted by atomic mass is 9.72. The molecule has 9 rings (SSSR count). The molecule has 0 saturated heterocycles. The third-order valence-electron chi connectivity index (χ3n) is 11.3. The number of fused-ring (bicyclic) bond motifs is 7. The summed E-state index contributed by atoms with van der Waals surface area (Å²) < 4.78 is 2.34. The summed E-state index contributed by atoms with van der Waals surface area (Å²) >= 11 is 0. The molecule has 48 heavy (non-hydrogen) atoms. The highest BCUT2D eigenvalue weighted by atomic mass is 15.2. The fourth-order valence-electron chi connectivity index (χ4n) is 8.66. The number of benzene rings is 6. The monoisotopic (exact) mass is 623 g/mol. The average molecular weight is 624 g/mol. The Balaban J connectivity index is 1.27. The van der Waals surface area contributed by atoms with Gasteiger partial charge in [-0.25, -0.2) is 0 Å². The van der Waals surface area contributed by atoms with E-state index in [1.807, 2.05) is 0 Å². The van der Waals surface area contributed by atoms with Gasteiger partial charge in [-0.3, -0.25) is 0 Å². The van der Waals surface area contributed by atoms with Crippen LogP contribution in [0, 0.1) is 13.8 Å². The zero-order valence-corrected chi connectivity index (χ0v) is 28.9. The van der Waals surface area contributed by atoms with Gasteiger partial charge in [0.2, 0.25) is 0 Å². The Morgan fingerprint density at radius 1 is 0.417 bits per heavy atom. The van der Waals surface area contributed by atoms with Gasteiger partial charge < -0.3 is 14.4 Å². The second-order valence-corrected chi connectivity index (χ2v) is 15.0. The van der Waals surface area contributed by atoms with Gasteiger partial charge in [-0.05, 0) is 96.8 Å². The Hall–Kier alpha value is -5.28. The van der Waals surface area contributed by atoms with Gasteiger partial charge in [-0.1, -0.05) is 99.5 Å². The van der Waals surface area contributed by atoms with Crippen molar-refractivity contribution in [1.29, 1.82) is 0 Å². The van der Waals surface area contributed by atoms with Crippen LogP contribution in [0.15, 0.2) is 121 Å². The van der Waals surface area contributed by atoms with Crippen molar-refractivity contribution >= 4 is 55.9 Å². The zero-order valence-electron chi connectivity index (χ0n) is 28.9. The van der Waals surface area contributed by atoms with Crippen LogP contribution in [0.5, 0.6) is 0 Å². The fraction of sp³-hybridized carbons (Fsp3) is 0.200. The van der Waals surface area contributed by atoms with Gasteiger partial charge in [-0.2, -0.15) is 0 Å². The number of hydrogen-bond acceptors (Lipinski definition) is 2. The molecule has 0 radical (unpaired) electrons. The lowest BCUT2D eigenvalue weighted by molar-refractivity contribution is 0.630. The predicted molar refractivity (Wildman–Crippen MR) is 204 cm³/mol. The first kappa shape index (κ1) is 28.9. The Kier molecular flexibility index (Phi) is 5.94. The molecule has 0 spiro atoms. The van der Waals surface area contributed by atoms with Gasteiger partial charge in [0.05, 0.1) is 22.7 Å². The maximum atomic E-state index is 2.48. The molecule has 0 saturated carbocycles. The molecule has 0 aliphatic carbocycles. The normalized spacial score (nSPS) is 15.6. The second kappa shape index (κ2) is 9.87. The van der Waals surface area contributed by atoms with Crippen molar-refractivity contribution in [2.24, 2.45) is 7.05 Å². The minimum absolute atomic E-state index is 0.0885. The summed E-state index contributed by atoms with van der Waals surface area (Å²) in [6.45, 7) is 13.8. The molecule has 3 heterocycles. The van der Waals surface area contributed by atoms with E-state index in [1.165, 1.54) is 89.3 Å². The molecule has 0 amide bonds. The molecule has 6 aromatic carbocycles. The quantitative estimate of drug-likeness (QED) is 0.190. The van der Waals surface area contributed by atoms with Crippen molar-refractivity contribution < 1.29 is 0 Å². The topological polar surface area (TPSA) is 11.4 Å². The minimum atomic E-state index is -0.104. The predicted octanol–water partition coefficient (Wildman–Crippen LogP) is 12.2. The van der Waals surface area contributed by atoms with Gasteiger partial charge in [0.25, 0.3) is 0 Å². The molecule has 236 valence electrons. The van der Waals surface area contributed by atoms with Gasteiger partial charge in [0.1, 0.15) is 0 Å². The Bertz CT molecular complexity index is 2350. The largest absolute Gasteiger partial charge is 0.344 e. The zero-order chi connectivity index (χ0) is 33.1. The summed E-state index contributed by atoms with van der Waals surface area (Å²) in [6, 6.07) is 45.7. The van der Waals surface area contributed by atoms with Crippen molar-refractivity contribution in [3.8, 4) is 0 Å². The van der Waals surface area contributed by atoms with Crippen LogP contribution in [0.1, 0.15) is 61.1 Å². The number of para-hydroxylation sites is 2. The number of hydrogen-bond donors (Lipinski definition) is 0. The maximum absolute atomic E-state index is 2.48. The van der Waals surface area contributed by atoms with E-state index in [0.29, 0.717) is 0 Å². The molecule has 3 heteroatoms. The van der Waals surface area contributed by atoms with Crippen molar-refractivity contribution in [2.75, 3.05) is 9.80 Å². The fourth-order valence-corrected chi connectivity index (χ4v) is 8.66. The summed E-state index contributed by atoms with van der Waals surface area (Å²) in [5, 5.41) is 2.52. The lowest BCUT2D eigenvalue weighted by Crippen LogP contribution is -2.30. The molecule has 0 unspecified atom stereocenters. The molecule has 3 nitrogen and oxygen atoms in total. The van der Waals surface area contributed by atoms with E-state index in [0.717, 1.165) is 0 Å². The summed E-state index contributed by atoms with van der Waals surface area (Å²) in [5.74, 6) is 0. The van der Waals surface area contributed by atoms with Crippen LogP contribution >= 0.6 is 0 Å². The number of rotatable bonds is 2. The summed E-state index contributed by atoms with van der Waals surface area (Å²) in [4.78, 5) is 4.94. The van der Waals surface area contributed by atoms with Crippen LogP contribution in [0.3, 0.4) is 0 Å². The van der Waals surface area contributed by atoms with E-state index in [-0.39, 0.29) is 10.8 Å². The SMILES string of the molecule is Cc1ccc2c(c1)C(C)(C)c1cc(C)ccc1N2c1ccc2c(c1)c1cc(N3c4ccccc4C(C)(C)c4ccccc43)ccc1n2C. The van der Waals surface area contributed by atoms with Gasteiger partial charge in [0.15, 0.2) is 0 Å². The molecule has 1 aromatic heterocycles.